The number of hydrogen-bond acceptors (Lipinski definition) is 0. The molecule has 0 unspecified atom stereocenters. The summed E-state index contributed by atoms with van der Waals surface area (Å²) < 4.78 is 13.1. The molecule has 0 saturated heterocycles. The first-order chi connectivity index (χ1) is 4.18. The normalized spacial score (nSPS) is 7.82. The van der Waals surface area contributed by atoms with E-state index in [-0.39, 0.29) is 45.9 Å². The summed E-state index contributed by atoms with van der Waals surface area (Å²) in [5.74, 6) is -0.255. The molecule has 0 bridgehead atoms. The largest absolute Gasteiger partial charge is 2.00 e. The fourth-order valence-electron chi connectivity index (χ4n) is 0.611. The molecule has 0 atom stereocenters. The van der Waals surface area contributed by atoms with Gasteiger partial charge in [0.25, 0.3) is 0 Å². The van der Waals surface area contributed by atoms with Crippen molar-refractivity contribution in [1.82, 2.24) is 0 Å². The van der Waals surface area contributed by atoms with E-state index in [1.165, 1.54) is 12.1 Å². The van der Waals surface area contributed by atoms with Crippen molar-refractivity contribution in [1.29, 1.82) is 0 Å². The maximum Gasteiger partial charge on any atom is 2.00 e. The maximum atomic E-state index is 12.4. The van der Waals surface area contributed by atoms with Gasteiger partial charge in [0.15, 0.2) is 0 Å². The molecule has 4 heteroatoms. The van der Waals surface area contributed by atoms with Crippen molar-refractivity contribution >= 4 is 39.0 Å². The predicted octanol–water partition coefficient (Wildman–Crippen LogP) is -0.606. The van der Waals surface area contributed by atoms with E-state index in [0.29, 0.717) is 5.56 Å². The summed E-state index contributed by atoms with van der Waals surface area (Å²) in [6.45, 7) is 3.57. The molecule has 1 rings (SSSR count). The zero-order chi connectivity index (χ0) is 6.85. The van der Waals surface area contributed by atoms with Crippen LogP contribution >= 0.6 is 15.9 Å². The van der Waals surface area contributed by atoms with Gasteiger partial charge in [-0.05, 0) is 10.5 Å². The van der Waals surface area contributed by atoms with Gasteiger partial charge in [0.1, 0.15) is 0 Å². The molecule has 0 aliphatic rings. The van der Waals surface area contributed by atoms with Crippen LogP contribution in [0.25, 0.3) is 0 Å². The minimum absolute atomic E-state index is 0. The summed E-state index contributed by atoms with van der Waals surface area (Å²) in [6, 6.07) is 4.53. The van der Waals surface area contributed by atoms with Crippen molar-refractivity contribution < 1.29 is 21.4 Å². The van der Waals surface area contributed by atoms with E-state index in [0.717, 1.165) is 4.47 Å². The Bertz CT molecular complexity index is 177. The Morgan fingerprint density at radius 3 is 2.18 bits per heavy atom. The fourth-order valence-corrected chi connectivity index (χ4v) is 1.12. The van der Waals surface area contributed by atoms with Crippen LogP contribution in [0.3, 0.4) is 0 Å². The number of benzene rings is 1. The van der Waals surface area contributed by atoms with Crippen LogP contribution in [0.15, 0.2) is 22.7 Å². The van der Waals surface area contributed by atoms with E-state index in [9.17, 15) is 4.39 Å². The molecular weight excluding hydrogens is 287 g/mol. The van der Waals surface area contributed by atoms with Crippen molar-refractivity contribution in [3.8, 4) is 0 Å². The third-order valence-electron chi connectivity index (χ3n) is 0.922. The molecular formula is C7H5Br2FMg. The van der Waals surface area contributed by atoms with Gasteiger partial charge < -0.3 is 17.0 Å². The predicted molar refractivity (Wildman–Crippen MR) is 44.3 cm³/mol. The summed E-state index contributed by atoms with van der Waals surface area (Å²) in [5, 5.41) is 0. The molecule has 0 spiro atoms. The van der Waals surface area contributed by atoms with Crippen molar-refractivity contribution in [2.75, 3.05) is 0 Å². The SMILES string of the molecule is [Br-].[CH2-]c1cc(F)cc(Br)c1.[Mg+2]. The molecule has 0 saturated carbocycles. The van der Waals surface area contributed by atoms with Gasteiger partial charge in [0.2, 0.25) is 0 Å². The van der Waals surface area contributed by atoms with E-state index < -0.39 is 0 Å². The van der Waals surface area contributed by atoms with E-state index in [1.807, 2.05) is 0 Å². The maximum absolute atomic E-state index is 12.4. The number of hydrogen-bond donors (Lipinski definition) is 0. The zero-order valence-electron chi connectivity index (χ0n) is 5.78. The van der Waals surface area contributed by atoms with E-state index in [2.05, 4.69) is 22.9 Å². The Morgan fingerprint density at radius 1 is 1.27 bits per heavy atom. The Kier molecular flexibility index (Phi) is 8.16. The molecule has 1 aromatic rings. The third kappa shape index (κ3) is 5.06. The second-order valence-corrected chi connectivity index (χ2v) is 2.69. The Morgan fingerprint density at radius 2 is 1.82 bits per heavy atom. The standard InChI is InChI=1S/C7H5BrF.BrH.Mg/c1-5-2-6(8)4-7(9)3-5;;/h2-4H,1H2;1H;/q-1;;+2/p-1. The Labute approximate surface area is 101 Å². The van der Waals surface area contributed by atoms with Gasteiger partial charge in [-0.1, -0.05) is 15.9 Å². The van der Waals surface area contributed by atoms with E-state index in [1.54, 1.807) is 6.07 Å². The van der Waals surface area contributed by atoms with Gasteiger partial charge in [0, 0.05) is 0 Å². The van der Waals surface area contributed by atoms with Crippen LogP contribution in [0, 0.1) is 12.7 Å². The van der Waals surface area contributed by atoms with Crippen LogP contribution < -0.4 is 17.0 Å². The van der Waals surface area contributed by atoms with Gasteiger partial charge in [-0.15, -0.1) is 12.1 Å². The molecule has 0 aliphatic heterocycles. The molecule has 1 aromatic carbocycles. The van der Waals surface area contributed by atoms with Gasteiger partial charge in [-0.25, -0.2) is 4.39 Å². The first-order valence-corrected chi connectivity index (χ1v) is 3.26. The van der Waals surface area contributed by atoms with Gasteiger partial charge >= 0.3 is 23.1 Å². The monoisotopic (exact) mass is 290 g/mol. The summed E-state index contributed by atoms with van der Waals surface area (Å²) in [7, 11) is 0. The molecule has 0 radical (unpaired) electrons. The van der Waals surface area contributed by atoms with E-state index >= 15 is 0 Å². The van der Waals surface area contributed by atoms with Crippen LogP contribution in [-0.4, -0.2) is 23.1 Å². The van der Waals surface area contributed by atoms with Crippen molar-refractivity contribution in [2.24, 2.45) is 0 Å². The second-order valence-electron chi connectivity index (χ2n) is 1.78. The first kappa shape index (κ1) is 14.3. The van der Waals surface area contributed by atoms with E-state index in [4.69, 9.17) is 0 Å². The van der Waals surface area contributed by atoms with Gasteiger partial charge in [0.05, 0.1) is 5.82 Å². The Hall–Kier alpha value is 0.746. The number of halogens is 3. The van der Waals surface area contributed by atoms with Crippen molar-refractivity contribution in [2.45, 2.75) is 0 Å². The quantitative estimate of drug-likeness (QED) is 0.442. The average molecular weight is 292 g/mol. The molecule has 0 aromatic heterocycles. The van der Waals surface area contributed by atoms with Gasteiger partial charge in [-0.2, -0.15) is 12.5 Å². The summed E-state index contributed by atoms with van der Waals surface area (Å²) in [5.41, 5.74) is 0.682. The second kappa shape index (κ2) is 6.28. The summed E-state index contributed by atoms with van der Waals surface area (Å²) in [4.78, 5) is 0. The van der Waals surface area contributed by atoms with Gasteiger partial charge in [-0.3, -0.25) is 0 Å². The van der Waals surface area contributed by atoms with Crippen LogP contribution in [0.5, 0.6) is 0 Å². The van der Waals surface area contributed by atoms with Crippen LogP contribution in [0.1, 0.15) is 5.56 Å². The molecule has 0 N–H and O–H groups in total. The van der Waals surface area contributed by atoms with Crippen LogP contribution in [0.4, 0.5) is 4.39 Å². The van der Waals surface area contributed by atoms with Crippen molar-refractivity contribution in [3.05, 3.63) is 41.0 Å². The molecule has 0 heterocycles. The molecule has 56 valence electrons. The molecule has 0 fully saturated rings. The Balaban J connectivity index is 0. The average Bonchev–Trinajstić information content (AvgIpc) is 1.59. The summed E-state index contributed by atoms with van der Waals surface area (Å²) in [6.07, 6.45) is 0. The third-order valence-corrected chi connectivity index (χ3v) is 1.38. The minimum atomic E-state index is -0.255. The summed E-state index contributed by atoms with van der Waals surface area (Å²) >= 11 is 3.13. The zero-order valence-corrected chi connectivity index (χ0v) is 10.4. The topological polar surface area (TPSA) is 0 Å². The van der Waals surface area contributed by atoms with Crippen molar-refractivity contribution in [3.63, 3.8) is 0 Å². The molecule has 0 nitrogen and oxygen atoms in total. The van der Waals surface area contributed by atoms with Crippen LogP contribution in [0.2, 0.25) is 0 Å². The van der Waals surface area contributed by atoms with Crippen LogP contribution in [-0.2, 0) is 0 Å². The fraction of sp³-hybridized carbons (Fsp3) is 0. The smallest absolute Gasteiger partial charge is 1.00 e. The molecule has 11 heavy (non-hydrogen) atoms. The minimum Gasteiger partial charge on any atom is -1.00 e. The first-order valence-electron chi connectivity index (χ1n) is 2.46. The molecule has 0 aliphatic carbocycles. The molecule has 0 amide bonds. The number of rotatable bonds is 0.